The maximum Gasteiger partial charge on any atom is 0.416 e. The smallest absolute Gasteiger partial charge is 0.335 e. The van der Waals surface area contributed by atoms with Gasteiger partial charge in [-0.15, -0.1) is 0 Å². The third-order valence-corrected chi connectivity index (χ3v) is 5.37. The Hall–Kier alpha value is -3.62. The van der Waals surface area contributed by atoms with Gasteiger partial charge in [0, 0.05) is 18.7 Å². The van der Waals surface area contributed by atoms with E-state index in [9.17, 15) is 22.8 Å². The summed E-state index contributed by atoms with van der Waals surface area (Å²) in [5, 5.41) is 2.66. The van der Waals surface area contributed by atoms with Crippen molar-refractivity contribution in [2.75, 3.05) is 18.4 Å². The molecule has 0 spiro atoms. The zero-order valence-electron chi connectivity index (χ0n) is 17.5. The summed E-state index contributed by atoms with van der Waals surface area (Å²) in [5.41, 5.74) is 1.40. The van der Waals surface area contributed by atoms with Gasteiger partial charge in [-0.3, -0.25) is 14.9 Å². The molecule has 0 radical (unpaired) electrons. The Kier molecular flexibility index (Phi) is 5.50. The number of imidazole rings is 1. The van der Waals surface area contributed by atoms with Gasteiger partial charge in [-0.05, 0) is 55.8 Å². The zero-order valence-corrected chi connectivity index (χ0v) is 17.5. The molecule has 0 atom stereocenters. The van der Waals surface area contributed by atoms with Crippen molar-refractivity contribution in [1.29, 1.82) is 0 Å². The van der Waals surface area contributed by atoms with Gasteiger partial charge in [-0.25, -0.2) is 4.98 Å². The molecule has 4 rings (SSSR count). The van der Waals surface area contributed by atoms with E-state index < -0.39 is 17.6 Å². The number of hydrogen-bond acceptors (Lipinski definition) is 3. The average molecular weight is 442 g/mol. The van der Waals surface area contributed by atoms with Crippen LogP contribution in [0.5, 0.6) is 0 Å². The molecule has 32 heavy (non-hydrogen) atoms. The van der Waals surface area contributed by atoms with Crippen LogP contribution in [-0.4, -0.2) is 39.4 Å². The van der Waals surface area contributed by atoms with E-state index in [-0.39, 0.29) is 23.5 Å². The molecule has 0 unspecified atom stereocenters. The number of anilines is 1. The lowest BCUT2D eigenvalue weighted by molar-refractivity contribution is -0.137. The number of rotatable bonds is 4. The number of benzene rings is 2. The van der Waals surface area contributed by atoms with Gasteiger partial charge in [0.2, 0.25) is 11.9 Å². The summed E-state index contributed by atoms with van der Waals surface area (Å²) in [7, 11) is 0. The Morgan fingerprint density at radius 2 is 1.91 bits per heavy atom. The Morgan fingerprint density at radius 3 is 2.59 bits per heavy atom. The maximum absolute atomic E-state index is 13.0. The quantitative estimate of drug-likeness (QED) is 0.602. The number of hydrogen-bond donors (Lipinski definition) is 1. The van der Waals surface area contributed by atoms with E-state index in [0.29, 0.717) is 18.6 Å². The Labute approximate surface area is 182 Å². The van der Waals surface area contributed by atoms with Gasteiger partial charge in [0.25, 0.3) is 5.91 Å². The minimum Gasteiger partial charge on any atom is -0.335 e. The first-order valence-corrected chi connectivity index (χ1v) is 10.1. The standard InChI is InChI=1S/C23H21F3N4O2/c1-3-5-20(31)29-12-17(13-29)30-19-9-8-14(2)10-18(19)27-22(30)28-21(32)15-6-4-7-16(11-15)23(24,25)26/h3-11,17H,12-13H2,1-2H3,(H,27,28,32)/b5-3+. The average Bonchev–Trinajstić information content (AvgIpc) is 3.03. The molecule has 6 nitrogen and oxygen atoms in total. The van der Waals surface area contributed by atoms with Crippen LogP contribution in [0.2, 0.25) is 0 Å². The molecule has 1 fully saturated rings. The van der Waals surface area contributed by atoms with E-state index in [2.05, 4.69) is 10.3 Å². The van der Waals surface area contributed by atoms with E-state index in [1.54, 1.807) is 17.9 Å². The lowest BCUT2D eigenvalue weighted by Crippen LogP contribution is -2.50. The molecule has 2 heterocycles. The number of likely N-dealkylation sites (tertiary alicyclic amines) is 1. The first-order valence-electron chi connectivity index (χ1n) is 10.1. The molecular formula is C23H21F3N4O2. The lowest BCUT2D eigenvalue weighted by Gasteiger charge is -2.40. The summed E-state index contributed by atoms with van der Waals surface area (Å²) in [6.07, 6.45) is -1.39. The largest absolute Gasteiger partial charge is 0.416 e. The number of amides is 2. The molecular weight excluding hydrogens is 421 g/mol. The van der Waals surface area contributed by atoms with Crippen LogP contribution in [0.25, 0.3) is 11.0 Å². The highest BCUT2D eigenvalue weighted by Gasteiger charge is 2.34. The van der Waals surface area contributed by atoms with Crippen LogP contribution in [-0.2, 0) is 11.0 Å². The molecule has 0 saturated carbocycles. The number of allylic oxidation sites excluding steroid dienone is 1. The molecule has 1 aliphatic rings. The van der Waals surface area contributed by atoms with Gasteiger partial charge in [-0.2, -0.15) is 13.2 Å². The number of carbonyl (C=O) groups is 2. The fourth-order valence-corrected chi connectivity index (χ4v) is 3.72. The highest BCUT2D eigenvalue weighted by molar-refractivity contribution is 6.04. The molecule has 166 valence electrons. The minimum atomic E-state index is -4.55. The highest BCUT2D eigenvalue weighted by atomic mass is 19.4. The summed E-state index contributed by atoms with van der Waals surface area (Å²) < 4.78 is 40.9. The molecule has 0 bridgehead atoms. The normalized spacial score (nSPS) is 14.7. The second kappa shape index (κ2) is 8.14. The number of alkyl halides is 3. The fraction of sp³-hybridized carbons (Fsp3) is 0.261. The zero-order chi connectivity index (χ0) is 23.0. The van der Waals surface area contributed by atoms with Crippen LogP contribution < -0.4 is 5.32 Å². The van der Waals surface area contributed by atoms with Crippen molar-refractivity contribution in [3.8, 4) is 0 Å². The molecule has 1 saturated heterocycles. The third kappa shape index (κ3) is 4.10. The van der Waals surface area contributed by atoms with Gasteiger partial charge < -0.3 is 9.47 Å². The second-order valence-electron chi connectivity index (χ2n) is 7.73. The first kappa shape index (κ1) is 21.6. The first-order chi connectivity index (χ1) is 15.2. The van der Waals surface area contributed by atoms with Crippen molar-refractivity contribution >= 4 is 28.8 Å². The van der Waals surface area contributed by atoms with Crippen molar-refractivity contribution in [2.24, 2.45) is 0 Å². The van der Waals surface area contributed by atoms with Crippen LogP contribution >= 0.6 is 0 Å². The van der Waals surface area contributed by atoms with Crippen LogP contribution in [0.4, 0.5) is 19.1 Å². The predicted molar refractivity (Wildman–Crippen MR) is 114 cm³/mol. The van der Waals surface area contributed by atoms with Crippen LogP contribution in [0.15, 0.2) is 54.6 Å². The van der Waals surface area contributed by atoms with Crippen molar-refractivity contribution in [3.63, 3.8) is 0 Å². The molecule has 9 heteroatoms. The SMILES string of the molecule is C/C=C/C(=O)N1CC(n2c(NC(=O)c3cccc(C(F)(F)F)c3)nc3cc(C)ccc32)C1. The van der Waals surface area contributed by atoms with E-state index in [1.807, 2.05) is 29.7 Å². The second-order valence-corrected chi connectivity index (χ2v) is 7.73. The van der Waals surface area contributed by atoms with Crippen LogP contribution in [0.3, 0.4) is 0 Å². The topological polar surface area (TPSA) is 67.2 Å². The number of nitrogens with zero attached hydrogens (tertiary/aromatic N) is 3. The maximum atomic E-state index is 13.0. The summed E-state index contributed by atoms with van der Waals surface area (Å²) >= 11 is 0. The van der Waals surface area contributed by atoms with Crippen molar-refractivity contribution in [2.45, 2.75) is 26.1 Å². The monoisotopic (exact) mass is 442 g/mol. The Balaban J connectivity index is 1.65. The van der Waals surface area contributed by atoms with E-state index in [1.165, 1.54) is 18.2 Å². The minimum absolute atomic E-state index is 0.0985. The number of fused-ring (bicyclic) bond motifs is 1. The Bertz CT molecular complexity index is 1220. The summed E-state index contributed by atoms with van der Waals surface area (Å²) in [4.78, 5) is 31.0. The number of aryl methyl sites for hydroxylation is 1. The molecule has 1 aliphatic heterocycles. The van der Waals surface area contributed by atoms with Crippen LogP contribution in [0.1, 0.15) is 34.5 Å². The molecule has 3 aromatic rings. The molecule has 2 amide bonds. The Morgan fingerprint density at radius 1 is 1.16 bits per heavy atom. The molecule has 1 N–H and O–H groups in total. The molecule has 0 aliphatic carbocycles. The molecule has 2 aromatic carbocycles. The fourth-order valence-electron chi connectivity index (χ4n) is 3.72. The third-order valence-electron chi connectivity index (χ3n) is 5.37. The highest BCUT2D eigenvalue weighted by Crippen LogP contribution is 2.32. The summed E-state index contributed by atoms with van der Waals surface area (Å²) in [6, 6.07) is 9.80. The van der Waals surface area contributed by atoms with Crippen molar-refractivity contribution < 1.29 is 22.8 Å². The van der Waals surface area contributed by atoms with E-state index in [0.717, 1.165) is 23.2 Å². The van der Waals surface area contributed by atoms with Gasteiger partial charge in [0.15, 0.2) is 0 Å². The van der Waals surface area contributed by atoms with Gasteiger partial charge >= 0.3 is 6.18 Å². The van der Waals surface area contributed by atoms with Crippen LogP contribution in [0, 0.1) is 6.92 Å². The molecule has 1 aromatic heterocycles. The lowest BCUT2D eigenvalue weighted by atomic mass is 10.1. The van der Waals surface area contributed by atoms with Gasteiger partial charge in [0.1, 0.15) is 0 Å². The van der Waals surface area contributed by atoms with Gasteiger partial charge in [-0.1, -0.05) is 18.2 Å². The predicted octanol–water partition coefficient (Wildman–Crippen LogP) is 4.58. The van der Waals surface area contributed by atoms with Crippen molar-refractivity contribution in [3.05, 3.63) is 71.3 Å². The number of aromatic nitrogens is 2. The summed E-state index contributed by atoms with van der Waals surface area (Å²) in [5.74, 6) is -0.555. The number of halogens is 3. The van der Waals surface area contributed by atoms with E-state index >= 15 is 0 Å². The van der Waals surface area contributed by atoms with Crippen molar-refractivity contribution in [1.82, 2.24) is 14.5 Å². The number of carbonyl (C=O) groups excluding carboxylic acids is 2. The summed E-state index contributed by atoms with van der Waals surface area (Å²) in [6.45, 7) is 4.56. The van der Waals surface area contributed by atoms with Gasteiger partial charge in [0.05, 0.1) is 22.6 Å². The number of nitrogens with one attached hydrogen (secondary N) is 1. The van der Waals surface area contributed by atoms with E-state index in [4.69, 9.17) is 0 Å².